The number of aryl methyl sites for hydroxylation is 2. The Hall–Kier alpha value is -3.38. The van der Waals surface area contributed by atoms with Gasteiger partial charge < -0.3 is 4.90 Å². The van der Waals surface area contributed by atoms with Gasteiger partial charge in [-0.25, -0.2) is 23.1 Å². The lowest BCUT2D eigenvalue weighted by Crippen LogP contribution is -2.49. The SMILES string of the molecule is Cc1cc(C)n(-c2cc(N3CCN(S(=O)(=O)c4cccc([N+](=O)[O-])c4)CC3)ncn2)n1. The Balaban J connectivity index is 1.50. The van der Waals surface area contributed by atoms with Crippen molar-refractivity contribution >= 4 is 21.5 Å². The normalized spacial score (nSPS) is 15.2. The molecule has 1 aliphatic rings. The fraction of sp³-hybridized carbons (Fsp3) is 0.316. The number of nitro benzene ring substituents is 1. The van der Waals surface area contributed by atoms with Crippen molar-refractivity contribution in [1.82, 2.24) is 24.1 Å². The van der Waals surface area contributed by atoms with Crippen molar-refractivity contribution in [1.29, 1.82) is 0 Å². The summed E-state index contributed by atoms with van der Waals surface area (Å²) in [5, 5.41) is 15.4. The lowest BCUT2D eigenvalue weighted by molar-refractivity contribution is -0.385. The summed E-state index contributed by atoms with van der Waals surface area (Å²) in [7, 11) is -3.82. The lowest BCUT2D eigenvalue weighted by atomic mass is 10.3. The van der Waals surface area contributed by atoms with Gasteiger partial charge in [0.2, 0.25) is 10.0 Å². The molecule has 2 aromatic heterocycles. The van der Waals surface area contributed by atoms with Gasteiger partial charge in [0, 0.05) is 50.1 Å². The van der Waals surface area contributed by atoms with Gasteiger partial charge in [-0.1, -0.05) is 6.07 Å². The molecular formula is C19H21N7O4S. The van der Waals surface area contributed by atoms with Crippen LogP contribution in [0.5, 0.6) is 0 Å². The second-order valence-corrected chi connectivity index (χ2v) is 9.16. The maximum absolute atomic E-state index is 12.9. The molecule has 1 saturated heterocycles. The van der Waals surface area contributed by atoms with Crippen molar-refractivity contribution in [2.75, 3.05) is 31.1 Å². The molecule has 0 saturated carbocycles. The Kier molecular flexibility index (Phi) is 5.41. The van der Waals surface area contributed by atoms with E-state index in [0.717, 1.165) is 17.5 Å². The van der Waals surface area contributed by atoms with Gasteiger partial charge in [-0.2, -0.15) is 9.40 Å². The number of hydrogen-bond acceptors (Lipinski definition) is 8. The van der Waals surface area contributed by atoms with E-state index in [1.165, 1.54) is 28.8 Å². The van der Waals surface area contributed by atoms with Gasteiger partial charge in [0.25, 0.3) is 5.69 Å². The summed E-state index contributed by atoms with van der Waals surface area (Å²) in [6, 6.07) is 8.89. The molecule has 0 unspecified atom stereocenters. The van der Waals surface area contributed by atoms with Crippen molar-refractivity contribution in [3.63, 3.8) is 0 Å². The first kappa shape index (κ1) is 20.9. The molecule has 11 nitrogen and oxygen atoms in total. The zero-order valence-corrected chi connectivity index (χ0v) is 17.9. The van der Waals surface area contributed by atoms with Gasteiger partial charge in [0.15, 0.2) is 5.82 Å². The highest BCUT2D eigenvalue weighted by atomic mass is 32.2. The molecule has 4 rings (SSSR count). The van der Waals surface area contributed by atoms with E-state index < -0.39 is 14.9 Å². The van der Waals surface area contributed by atoms with Crippen LogP contribution in [0.2, 0.25) is 0 Å². The van der Waals surface area contributed by atoms with E-state index in [2.05, 4.69) is 15.1 Å². The molecule has 162 valence electrons. The van der Waals surface area contributed by atoms with E-state index >= 15 is 0 Å². The summed E-state index contributed by atoms with van der Waals surface area (Å²) in [4.78, 5) is 20.9. The fourth-order valence-corrected chi connectivity index (χ4v) is 5.01. The molecule has 0 amide bonds. The molecule has 0 spiro atoms. The maximum atomic E-state index is 12.9. The molecule has 3 heterocycles. The van der Waals surface area contributed by atoms with Gasteiger partial charge in [0.05, 0.1) is 15.5 Å². The van der Waals surface area contributed by atoms with Crippen LogP contribution in [0.25, 0.3) is 5.82 Å². The summed E-state index contributed by atoms with van der Waals surface area (Å²) in [6.07, 6.45) is 1.47. The first-order chi connectivity index (χ1) is 14.8. The number of anilines is 1. The smallest absolute Gasteiger partial charge is 0.270 e. The van der Waals surface area contributed by atoms with Crippen LogP contribution in [0, 0.1) is 24.0 Å². The van der Waals surface area contributed by atoms with Crippen molar-refractivity contribution in [3.8, 4) is 5.82 Å². The molecule has 1 aromatic carbocycles. The zero-order valence-electron chi connectivity index (χ0n) is 17.0. The van der Waals surface area contributed by atoms with Crippen molar-refractivity contribution < 1.29 is 13.3 Å². The van der Waals surface area contributed by atoms with Crippen LogP contribution >= 0.6 is 0 Å². The Labute approximate surface area is 179 Å². The molecule has 3 aromatic rings. The summed E-state index contributed by atoms with van der Waals surface area (Å²) in [6.45, 7) is 5.20. The van der Waals surface area contributed by atoms with E-state index in [1.54, 1.807) is 4.68 Å². The predicted molar refractivity (Wildman–Crippen MR) is 113 cm³/mol. The number of nitro groups is 1. The average Bonchev–Trinajstić information content (AvgIpc) is 3.12. The molecule has 12 heteroatoms. The second kappa shape index (κ2) is 8.04. The fourth-order valence-electron chi connectivity index (χ4n) is 3.55. The summed E-state index contributed by atoms with van der Waals surface area (Å²) in [5.74, 6) is 1.33. The number of nitrogens with zero attached hydrogens (tertiary/aromatic N) is 7. The van der Waals surface area contributed by atoms with Crippen LogP contribution in [0.3, 0.4) is 0 Å². The highest BCUT2D eigenvalue weighted by Crippen LogP contribution is 2.23. The molecule has 0 atom stereocenters. The van der Waals surface area contributed by atoms with Gasteiger partial charge in [0.1, 0.15) is 12.1 Å². The van der Waals surface area contributed by atoms with Crippen LogP contribution < -0.4 is 4.90 Å². The maximum Gasteiger partial charge on any atom is 0.270 e. The number of piperazine rings is 1. The van der Waals surface area contributed by atoms with Crippen LogP contribution in [0.15, 0.2) is 47.6 Å². The van der Waals surface area contributed by atoms with Crippen LogP contribution in [-0.4, -0.2) is 63.6 Å². The minimum absolute atomic E-state index is 0.0796. The van der Waals surface area contributed by atoms with Gasteiger partial charge in [-0.15, -0.1) is 0 Å². The van der Waals surface area contributed by atoms with E-state index in [-0.39, 0.29) is 23.7 Å². The van der Waals surface area contributed by atoms with E-state index in [0.29, 0.717) is 24.7 Å². The van der Waals surface area contributed by atoms with E-state index in [1.807, 2.05) is 30.9 Å². The first-order valence-electron chi connectivity index (χ1n) is 9.61. The zero-order chi connectivity index (χ0) is 22.2. The van der Waals surface area contributed by atoms with Gasteiger partial charge >= 0.3 is 0 Å². The number of hydrogen-bond donors (Lipinski definition) is 0. The lowest BCUT2D eigenvalue weighted by Gasteiger charge is -2.34. The van der Waals surface area contributed by atoms with Crippen molar-refractivity contribution in [2.24, 2.45) is 0 Å². The van der Waals surface area contributed by atoms with Crippen LogP contribution in [0.4, 0.5) is 11.5 Å². The molecular weight excluding hydrogens is 422 g/mol. The standard InChI is InChI=1S/C19H21N7O4S/c1-14-10-15(2)25(22-14)19-12-18(20-13-21-19)23-6-8-24(9-7-23)31(29,30)17-5-3-4-16(11-17)26(27)28/h3-5,10-13H,6-9H2,1-2H3. The molecule has 1 fully saturated rings. The molecule has 1 aliphatic heterocycles. The summed E-state index contributed by atoms with van der Waals surface area (Å²) >= 11 is 0. The molecule has 0 N–H and O–H groups in total. The highest BCUT2D eigenvalue weighted by molar-refractivity contribution is 7.89. The first-order valence-corrected chi connectivity index (χ1v) is 11.0. The number of aromatic nitrogens is 4. The Morgan fingerprint density at radius 2 is 1.71 bits per heavy atom. The number of rotatable bonds is 5. The van der Waals surface area contributed by atoms with E-state index in [4.69, 9.17) is 0 Å². The largest absolute Gasteiger partial charge is 0.354 e. The van der Waals surface area contributed by atoms with Gasteiger partial charge in [-0.3, -0.25) is 10.1 Å². The topological polar surface area (TPSA) is 127 Å². The monoisotopic (exact) mass is 443 g/mol. The minimum Gasteiger partial charge on any atom is -0.354 e. The third-order valence-corrected chi connectivity index (χ3v) is 6.99. The summed E-state index contributed by atoms with van der Waals surface area (Å²) in [5.41, 5.74) is 1.59. The molecule has 31 heavy (non-hydrogen) atoms. The van der Waals surface area contributed by atoms with Crippen molar-refractivity contribution in [3.05, 3.63) is 64.2 Å². The quantitative estimate of drug-likeness (QED) is 0.431. The Bertz CT molecular complexity index is 1230. The van der Waals surface area contributed by atoms with Gasteiger partial charge in [-0.05, 0) is 26.0 Å². The number of non-ortho nitro benzene ring substituents is 1. The molecule has 0 radical (unpaired) electrons. The van der Waals surface area contributed by atoms with Crippen LogP contribution in [0.1, 0.15) is 11.4 Å². The number of benzene rings is 1. The van der Waals surface area contributed by atoms with Crippen LogP contribution in [-0.2, 0) is 10.0 Å². The summed E-state index contributed by atoms with van der Waals surface area (Å²) < 4.78 is 28.9. The second-order valence-electron chi connectivity index (χ2n) is 7.22. The predicted octanol–water partition coefficient (Wildman–Crippen LogP) is 1.70. The highest BCUT2D eigenvalue weighted by Gasteiger charge is 2.30. The van der Waals surface area contributed by atoms with Crippen molar-refractivity contribution in [2.45, 2.75) is 18.7 Å². The van der Waals surface area contributed by atoms with E-state index in [9.17, 15) is 18.5 Å². The third kappa shape index (κ3) is 4.11. The molecule has 0 bridgehead atoms. The Morgan fingerprint density at radius 1 is 1.00 bits per heavy atom. The minimum atomic E-state index is -3.82. The third-order valence-electron chi connectivity index (χ3n) is 5.09. The number of sulfonamides is 1. The Morgan fingerprint density at radius 3 is 2.35 bits per heavy atom. The molecule has 0 aliphatic carbocycles. The average molecular weight is 443 g/mol.